The highest BCUT2D eigenvalue weighted by Crippen LogP contribution is 2.23. The highest BCUT2D eigenvalue weighted by atomic mass is 32.1. The quantitative estimate of drug-likeness (QED) is 0.468. The average molecular weight is 370 g/mol. The number of para-hydroxylation sites is 2. The highest BCUT2D eigenvalue weighted by Gasteiger charge is 2.12. The number of H-pyrrole nitrogens is 2. The smallest absolute Gasteiger partial charge is 0.228 e. The molecule has 0 saturated carbocycles. The molecule has 3 N–H and O–H groups in total. The Morgan fingerprint density at radius 1 is 1.28 bits per heavy atom. The number of nitrogens with zero attached hydrogens (tertiary/aromatic N) is 3. The number of benzene rings is 1. The lowest BCUT2D eigenvalue weighted by molar-refractivity contribution is -0.116. The third kappa shape index (κ3) is 3.24. The number of carbonyl (C=O) groups excluding carboxylic acids is 1. The van der Waals surface area contributed by atoms with E-state index in [1.165, 1.54) is 0 Å². The van der Waals surface area contributed by atoms with E-state index in [-0.39, 0.29) is 12.3 Å². The largest absolute Gasteiger partial charge is 0.324 e. The van der Waals surface area contributed by atoms with E-state index in [0.29, 0.717) is 17.3 Å². The van der Waals surface area contributed by atoms with Crippen LogP contribution in [-0.4, -0.2) is 30.6 Å². The Hall–Kier alpha value is -2.78. The zero-order valence-corrected chi connectivity index (χ0v) is 14.7. The van der Waals surface area contributed by atoms with Crippen LogP contribution >= 0.6 is 23.6 Å². The summed E-state index contributed by atoms with van der Waals surface area (Å²) in [6.45, 7) is 0.439. The predicted molar refractivity (Wildman–Crippen MR) is 100 cm³/mol. The van der Waals surface area contributed by atoms with Gasteiger partial charge >= 0.3 is 0 Å². The molecule has 9 heteroatoms. The van der Waals surface area contributed by atoms with Crippen LogP contribution in [0.15, 0.2) is 41.8 Å². The summed E-state index contributed by atoms with van der Waals surface area (Å²) in [4.78, 5) is 20.7. The molecule has 7 nitrogen and oxygen atoms in total. The number of nitrogens with one attached hydrogen (secondary N) is 3. The maximum atomic E-state index is 12.2. The number of fused-ring (bicyclic) bond motifs is 1. The molecule has 0 aliphatic carbocycles. The molecule has 4 rings (SSSR count). The van der Waals surface area contributed by atoms with Crippen LogP contribution in [0.2, 0.25) is 0 Å². The monoisotopic (exact) mass is 370 g/mol. The van der Waals surface area contributed by atoms with E-state index in [9.17, 15) is 4.79 Å². The van der Waals surface area contributed by atoms with Crippen molar-refractivity contribution in [3.8, 4) is 10.7 Å². The first kappa shape index (κ1) is 15.7. The molecule has 0 spiro atoms. The molecule has 126 valence electrons. The van der Waals surface area contributed by atoms with Gasteiger partial charge in [0.2, 0.25) is 11.9 Å². The van der Waals surface area contributed by atoms with Gasteiger partial charge < -0.3 is 4.98 Å². The first-order chi connectivity index (χ1) is 12.2. The second-order valence-corrected chi connectivity index (χ2v) is 6.72. The zero-order valence-electron chi connectivity index (χ0n) is 13.0. The number of hydrogen-bond acceptors (Lipinski definition) is 5. The molecule has 3 heterocycles. The lowest BCUT2D eigenvalue weighted by Gasteiger charge is -2.05. The van der Waals surface area contributed by atoms with E-state index in [2.05, 4.69) is 25.5 Å². The number of thiophene rings is 1. The van der Waals surface area contributed by atoms with E-state index < -0.39 is 0 Å². The van der Waals surface area contributed by atoms with Crippen LogP contribution in [0.4, 0.5) is 5.95 Å². The van der Waals surface area contributed by atoms with Gasteiger partial charge in [-0.1, -0.05) is 18.2 Å². The normalized spacial score (nSPS) is 11.0. The van der Waals surface area contributed by atoms with Gasteiger partial charge in [0.15, 0.2) is 10.6 Å². The van der Waals surface area contributed by atoms with Gasteiger partial charge in [-0.3, -0.25) is 19.8 Å². The molecule has 0 unspecified atom stereocenters. The van der Waals surface area contributed by atoms with Crippen LogP contribution in [0.5, 0.6) is 0 Å². The summed E-state index contributed by atoms with van der Waals surface area (Å²) in [6, 6.07) is 11.5. The number of aromatic nitrogens is 5. The van der Waals surface area contributed by atoms with Crippen molar-refractivity contribution in [1.29, 1.82) is 0 Å². The van der Waals surface area contributed by atoms with Crippen LogP contribution in [0, 0.1) is 4.77 Å². The predicted octanol–water partition coefficient (Wildman–Crippen LogP) is 3.57. The Morgan fingerprint density at radius 2 is 2.16 bits per heavy atom. The summed E-state index contributed by atoms with van der Waals surface area (Å²) >= 11 is 6.85. The van der Waals surface area contributed by atoms with Gasteiger partial charge in [-0.05, 0) is 35.8 Å². The minimum Gasteiger partial charge on any atom is -0.324 e. The highest BCUT2D eigenvalue weighted by molar-refractivity contribution is 7.71. The third-order valence-electron chi connectivity index (χ3n) is 3.71. The van der Waals surface area contributed by atoms with Gasteiger partial charge in [0.1, 0.15) is 0 Å². The fourth-order valence-electron chi connectivity index (χ4n) is 2.54. The van der Waals surface area contributed by atoms with E-state index >= 15 is 0 Å². The molecule has 25 heavy (non-hydrogen) atoms. The van der Waals surface area contributed by atoms with E-state index in [0.717, 1.165) is 21.7 Å². The fourth-order valence-corrected chi connectivity index (χ4v) is 3.48. The molecule has 1 amide bonds. The Kier molecular flexibility index (Phi) is 4.16. The second kappa shape index (κ2) is 6.61. The summed E-state index contributed by atoms with van der Waals surface area (Å²) in [7, 11) is 0. The molecule has 0 aliphatic heterocycles. The van der Waals surface area contributed by atoms with Gasteiger partial charge in [-0.15, -0.1) is 11.3 Å². The first-order valence-electron chi connectivity index (χ1n) is 7.64. The Bertz CT molecular complexity index is 1040. The molecular formula is C16H14N6OS2. The van der Waals surface area contributed by atoms with Crippen molar-refractivity contribution >= 4 is 46.4 Å². The standard InChI is InChI=1S/C16H14N6OS2/c23-13(19-15-17-10-4-1-2-5-11(10)18-15)7-8-22-14(20-21-16(22)24)12-6-3-9-25-12/h1-6,9H,7-8H2,(H,21,24)(H2,17,18,19,23). The maximum absolute atomic E-state index is 12.2. The number of imidazole rings is 1. The zero-order chi connectivity index (χ0) is 17.2. The molecule has 0 aliphatic rings. The van der Waals surface area contributed by atoms with Crippen LogP contribution < -0.4 is 5.32 Å². The number of amides is 1. The Morgan fingerprint density at radius 3 is 2.96 bits per heavy atom. The third-order valence-corrected chi connectivity index (χ3v) is 4.89. The maximum Gasteiger partial charge on any atom is 0.228 e. The summed E-state index contributed by atoms with van der Waals surface area (Å²) in [5.41, 5.74) is 1.70. The average Bonchev–Trinajstić information content (AvgIpc) is 3.31. The summed E-state index contributed by atoms with van der Waals surface area (Å²) < 4.78 is 2.33. The summed E-state index contributed by atoms with van der Waals surface area (Å²) in [6.07, 6.45) is 0.267. The van der Waals surface area contributed by atoms with Crippen molar-refractivity contribution < 1.29 is 4.79 Å². The van der Waals surface area contributed by atoms with Crippen molar-refractivity contribution in [1.82, 2.24) is 24.7 Å². The minimum absolute atomic E-state index is 0.140. The number of hydrogen-bond donors (Lipinski definition) is 3. The molecule has 0 radical (unpaired) electrons. The summed E-state index contributed by atoms with van der Waals surface area (Å²) in [5.74, 6) is 1.05. The van der Waals surface area contributed by atoms with Crippen LogP contribution in [0.1, 0.15) is 6.42 Å². The van der Waals surface area contributed by atoms with Gasteiger partial charge in [-0.2, -0.15) is 5.10 Å². The SMILES string of the molecule is O=C(CCn1c(-c2cccs2)n[nH]c1=S)Nc1nc2ccccc2[nH]1. The Labute approximate surface area is 151 Å². The van der Waals surface area contributed by atoms with E-state index in [1.807, 2.05) is 46.3 Å². The van der Waals surface area contributed by atoms with Gasteiger partial charge in [0.25, 0.3) is 0 Å². The van der Waals surface area contributed by atoms with Crippen LogP contribution in [-0.2, 0) is 11.3 Å². The lowest BCUT2D eigenvalue weighted by Crippen LogP contribution is -2.15. The van der Waals surface area contributed by atoms with Crippen LogP contribution in [0.25, 0.3) is 21.7 Å². The van der Waals surface area contributed by atoms with Gasteiger partial charge in [0, 0.05) is 13.0 Å². The molecule has 0 atom stereocenters. The van der Waals surface area contributed by atoms with Crippen molar-refractivity contribution in [2.45, 2.75) is 13.0 Å². The van der Waals surface area contributed by atoms with Gasteiger partial charge in [0.05, 0.1) is 15.9 Å². The molecule has 0 bridgehead atoms. The van der Waals surface area contributed by atoms with Crippen molar-refractivity contribution in [3.05, 3.63) is 46.5 Å². The van der Waals surface area contributed by atoms with Crippen molar-refractivity contribution in [3.63, 3.8) is 0 Å². The molecule has 3 aromatic heterocycles. The van der Waals surface area contributed by atoms with E-state index in [1.54, 1.807) is 11.3 Å². The number of carbonyl (C=O) groups is 1. The number of aromatic amines is 2. The van der Waals surface area contributed by atoms with Crippen molar-refractivity contribution in [2.24, 2.45) is 0 Å². The molecule has 0 saturated heterocycles. The number of rotatable bonds is 5. The van der Waals surface area contributed by atoms with Crippen LogP contribution in [0.3, 0.4) is 0 Å². The number of anilines is 1. The van der Waals surface area contributed by atoms with Gasteiger partial charge in [-0.25, -0.2) is 4.98 Å². The van der Waals surface area contributed by atoms with E-state index in [4.69, 9.17) is 12.2 Å². The summed E-state index contributed by atoms with van der Waals surface area (Å²) in [5, 5.41) is 11.8. The topological polar surface area (TPSA) is 91.4 Å². The second-order valence-electron chi connectivity index (χ2n) is 5.38. The van der Waals surface area contributed by atoms with Crippen molar-refractivity contribution in [2.75, 3.05) is 5.32 Å². The molecule has 0 fully saturated rings. The molecule has 1 aromatic carbocycles. The fraction of sp³-hybridized carbons (Fsp3) is 0.125. The lowest BCUT2D eigenvalue weighted by atomic mass is 10.3. The first-order valence-corrected chi connectivity index (χ1v) is 8.93. The minimum atomic E-state index is -0.140. The Balaban J connectivity index is 1.46. The molecular weight excluding hydrogens is 356 g/mol. The molecule has 4 aromatic rings.